The normalized spacial score (nSPS) is 35.3. The smallest absolute Gasteiger partial charge is 0.0124 e. The van der Waals surface area contributed by atoms with Crippen LogP contribution < -0.4 is 5.32 Å². The summed E-state index contributed by atoms with van der Waals surface area (Å²) in [7, 11) is 0. The third-order valence-corrected chi connectivity index (χ3v) is 5.26. The van der Waals surface area contributed by atoms with Gasteiger partial charge in [-0.3, -0.25) is 4.90 Å². The first-order valence-electron chi connectivity index (χ1n) is 8.10. The molecule has 0 radical (unpaired) electrons. The third kappa shape index (κ3) is 3.06. The molecule has 18 heavy (non-hydrogen) atoms. The molecule has 0 bridgehead atoms. The molecular weight excluding hydrogens is 222 g/mol. The molecule has 1 saturated carbocycles. The van der Waals surface area contributed by atoms with Gasteiger partial charge in [-0.15, -0.1) is 0 Å². The van der Waals surface area contributed by atoms with Crippen molar-refractivity contribution < 1.29 is 0 Å². The van der Waals surface area contributed by atoms with Crippen LogP contribution in [0.5, 0.6) is 0 Å². The van der Waals surface area contributed by atoms with E-state index in [0.29, 0.717) is 0 Å². The number of nitrogens with zero attached hydrogens (tertiary/aromatic N) is 2. The van der Waals surface area contributed by atoms with Crippen LogP contribution in [0.1, 0.15) is 38.5 Å². The summed E-state index contributed by atoms with van der Waals surface area (Å²) < 4.78 is 0. The van der Waals surface area contributed by atoms with Crippen molar-refractivity contribution in [3.05, 3.63) is 0 Å². The molecule has 2 atom stereocenters. The van der Waals surface area contributed by atoms with Gasteiger partial charge in [-0.25, -0.2) is 0 Å². The Labute approximate surface area is 112 Å². The molecule has 1 aliphatic carbocycles. The Balaban J connectivity index is 1.44. The van der Waals surface area contributed by atoms with Crippen LogP contribution in [0.4, 0.5) is 0 Å². The second-order valence-corrected chi connectivity index (χ2v) is 6.38. The maximum absolute atomic E-state index is 3.50. The van der Waals surface area contributed by atoms with Crippen molar-refractivity contribution in [1.29, 1.82) is 0 Å². The predicted octanol–water partition coefficient (Wildman–Crippen LogP) is 1.55. The summed E-state index contributed by atoms with van der Waals surface area (Å²) in [5.41, 5.74) is 0. The van der Waals surface area contributed by atoms with Crippen molar-refractivity contribution in [3.8, 4) is 0 Å². The molecule has 3 aliphatic rings. The number of hydrogen-bond donors (Lipinski definition) is 1. The largest absolute Gasteiger partial charge is 0.315 e. The fourth-order valence-electron chi connectivity index (χ4n) is 4.18. The van der Waals surface area contributed by atoms with Gasteiger partial charge in [0, 0.05) is 32.2 Å². The van der Waals surface area contributed by atoms with Crippen LogP contribution in [-0.4, -0.2) is 61.7 Å². The van der Waals surface area contributed by atoms with Crippen LogP contribution in [0.2, 0.25) is 0 Å². The van der Waals surface area contributed by atoms with Crippen molar-refractivity contribution in [2.45, 2.75) is 44.6 Å². The average Bonchev–Trinajstić information content (AvgIpc) is 2.64. The van der Waals surface area contributed by atoms with Gasteiger partial charge in [-0.1, -0.05) is 12.8 Å². The highest BCUT2D eigenvalue weighted by atomic mass is 15.2. The summed E-state index contributed by atoms with van der Waals surface area (Å²) in [5.74, 6) is 1.05. The maximum Gasteiger partial charge on any atom is 0.0124 e. The summed E-state index contributed by atoms with van der Waals surface area (Å²) in [5, 5.41) is 3.50. The molecule has 3 rings (SSSR count). The predicted molar refractivity (Wildman–Crippen MR) is 75.9 cm³/mol. The Morgan fingerprint density at radius 1 is 0.833 bits per heavy atom. The number of nitrogens with one attached hydrogen (secondary N) is 1. The first-order valence-corrected chi connectivity index (χ1v) is 8.10. The molecule has 2 saturated heterocycles. The van der Waals surface area contributed by atoms with Crippen LogP contribution >= 0.6 is 0 Å². The lowest BCUT2D eigenvalue weighted by Crippen LogP contribution is -2.41. The molecule has 2 heterocycles. The van der Waals surface area contributed by atoms with E-state index in [9.17, 15) is 0 Å². The lowest BCUT2D eigenvalue weighted by molar-refractivity contribution is 0.158. The number of hydrogen-bond acceptors (Lipinski definition) is 3. The molecule has 0 aromatic heterocycles. The monoisotopic (exact) mass is 251 g/mol. The van der Waals surface area contributed by atoms with Gasteiger partial charge in [0.25, 0.3) is 0 Å². The molecule has 3 heteroatoms. The molecule has 3 fully saturated rings. The summed E-state index contributed by atoms with van der Waals surface area (Å²) in [6.45, 7) is 8.95. The molecule has 104 valence electrons. The first-order chi connectivity index (χ1) is 8.93. The van der Waals surface area contributed by atoms with Gasteiger partial charge in [0.15, 0.2) is 0 Å². The number of fused-ring (bicyclic) bond motifs is 1. The van der Waals surface area contributed by atoms with E-state index in [1.165, 1.54) is 84.3 Å². The Morgan fingerprint density at radius 3 is 2.78 bits per heavy atom. The van der Waals surface area contributed by atoms with Gasteiger partial charge in [-0.05, 0) is 51.2 Å². The molecule has 2 aliphatic heterocycles. The van der Waals surface area contributed by atoms with E-state index >= 15 is 0 Å². The van der Waals surface area contributed by atoms with Crippen LogP contribution in [0.15, 0.2) is 0 Å². The first kappa shape index (κ1) is 12.9. The van der Waals surface area contributed by atoms with Crippen LogP contribution in [0.3, 0.4) is 0 Å². The van der Waals surface area contributed by atoms with Crippen molar-refractivity contribution >= 4 is 0 Å². The maximum atomic E-state index is 3.50. The SMILES string of the molecule is C1CCC2C(C1)CCN2CCN1CCCNCC1. The highest BCUT2D eigenvalue weighted by Crippen LogP contribution is 2.35. The van der Waals surface area contributed by atoms with Crippen molar-refractivity contribution in [2.75, 3.05) is 45.8 Å². The fraction of sp³-hybridized carbons (Fsp3) is 1.00. The van der Waals surface area contributed by atoms with Crippen LogP contribution in [-0.2, 0) is 0 Å². The van der Waals surface area contributed by atoms with Crippen molar-refractivity contribution in [3.63, 3.8) is 0 Å². The van der Waals surface area contributed by atoms with Gasteiger partial charge >= 0.3 is 0 Å². The van der Waals surface area contributed by atoms with E-state index < -0.39 is 0 Å². The molecule has 0 aromatic rings. The minimum Gasteiger partial charge on any atom is -0.315 e. The Morgan fingerprint density at radius 2 is 1.78 bits per heavy atom. The van der Waals surface area contributed by atoms with Crippen LogP contribution in [0, 0.1) is 5.92 Å². The molecule has 0 spiro atoms. The van der Waals surface area contributed by atoms with E-state index in [2.05, 4.69) is 15.1 Å². The molecular formula is C15H29N3. The molecule has 3 nitrogen and oxygen atoms in total. The van der Waals surface area contributed by atoms with Gasteiger partial charge < -0.3 is 10.2 Å². The minimum absolute atomic E-state index is 0.948. The van der Waals surface area contributed by atoms with Crippen LogP contribution in [0.25, 0.3) is 0 Å². The quantitative estimate of drug-likeness (QED) is 0.821. The molecule has 0 amide bonds. The molecule has 0 aromatic carbocycles. The van der Waals surface area contributed by atoms with E-state index in [0.717, 1.165) is 12.0 Å². The van der Waals surface area contributed by atoms with Crippen molar-refractivity contribution in [1.82, 2.24) is 15.1 Å². The Hall–Kier alpha value is -0.120. The molecule has 2 unspecified atom stereocenters. The van der Waals surface area contributed by atoms with Gasteiger partial charge in [0.05, 0.1) is 0 Å². The summed E-state index contributed by atoms with van der Waals surface area (Å²) in [6.07, 6.45) is 8.76. The zero-order chi connectivity index (χ0) is 12.2. The van der Waals surface area contributed by atoms with E-state index in [4.69, 9.17) is 0 Å². The second-order valence-electron chi connectivity index (χ2n) is 6.38. The highest BCUT2D eigenvalue weighted by molar-refractivity contribution is 4.90. The van der Waals surface area contributed by atoms with Gasteiger partial charge in [0.1, 0.15) is 0 Å². The fourth-order valence-corrected chi connectivity index (χ4v) is 4.18. The summed E-state index contributed by atoms with van der Waals surface area (Å²) >= 11 is 0. The van der Waals surface area contributed by atoms with Gasteiger partial charge in [-0.2, -0.15) is 0 Å². The third-order valence-electron chi connectivity index (χ3n) is 5.26. The standard InChI is InChI=1S/C15H29N3/c1-2-5-15-14(4-1)6-10-18(15)13-12-17-9-3-7-16-8-11-17/h14-16H,1-13H2. The highest BCUT2D eigenvalue weighted by Gasteiger charge is 2.35. The summed E-state index contributed by atoms with van der Waals surface area (Å²) in [4.78, 5) is 5.47. The van der Waals surface area contributed by atoms with E-state index in [-0.39, 0.29) is 0 Å². The lowest BCUT2D eigenvalue weighted by Gasteiger charge is -2.33. The minimum atomic E-state index is 0.948. The lowest BCUT2D eigenvalue weighted by atomic mass is 9.85. The topological polar surface area (TPSA) is 18.5 Å². The number of rotatable bonds is 3. The van der Waals surface area contributed by atoms with Crippen molar-refractivity contribution in [2.24, 2.45) is 5.92 Å². The Kier molecular flexibility index (Phi) is 4.55. The molecule has 1 N–H and O–H groups in total. The zero-order valence-corrected chi connectivity index (χ0v) is 11.7. The zero-order valence-electron chi connectivity index (χ0n) is 11.7. The second kappa shape index (κ2) is 6.36. The summed E-state index contributed by atoms with van der Waals surface area (Å²) in [6, 6.07) is 0.948. The van der Waals surface area contributed by atoms with E-state index in [1.807, 2.05) is 0 Å². The number of likely N-dealkylation sites (tertiary alicyclic amines) is 1. The average molecular weight is 251 g/mol. The van der Waals surface area contributed by atoms with E-state index in [1.54, 1.807) is 0 Å². The Bertz CT molecular complexity index is 248. The van der Waals surface area contributed by atoms with Gasteiger partial charge in [0.2, 0.25) is 0 Å².